The highest BCUT2D eigenvalue weighted by molar-refractivity contribution is 5.32. The zero-order valence-corrected chi connectivity index (χ0v) is 12.7. The molecule has 2 rings (SSSR count). The molecule has 1 aliphatic heterocycles. The minimum atomic E-state index is 0.534. The molecule has 1 aromatic carbocycles. The molecule has 1 unspecified atom stereocenters. The quantitative estimate of drug-likeness (QED) is 0.801. The van der Waals surface area contributed by atoms with E-state index in [1.165, 1.54) is 6.54 Å². The molecule has 0 aliphatic carbocycles. The van der Waals surface area contributed by atoms with Crippen molar-refractivity contribution in [2.45, 2.75) is 25.9 Å². The topological polar surface area (TPSA) is 41.7 Å². The molecule has 0 amide bonds. The first-order valence-electron chi connectivity index (χ1n) is 7.54. The van der Waals surface area contributed by atoms with Gasteiger partial charge in [0.05, 0.1) is 6.61 Å². The second kappa shape index (κ2) is 7.62. The third kappa shape index (κ3) is 4.20. The van der Waals surface area contributed by atoms with E-state index in [2.05, 4.69) is 23.8 Å². The van der Waals surface area contributed by atoms with E-state index < -0.39 is 0 Å². The second-order valence-electron chi connectivity index (χ2n) is 5.64. The summed E-state index contributed by atoms with van der Waals surface area (Å²) >= 11 is 0. The van der Waals surface area contributed by atoms with Crippen LogP contribution >= 0.6 is 0 Å². The highest BCUT2D eigenvalue weighted by Gasteiger charge is 2.19. The van der Waals surface area contributed by atoms with Gasteiger partial charge < -0.3 is 20.3 Å². The fourth-order valence-corrected chi connectivity index (χ4v) is 2.61. The maximum Gasteiger partial charge on any atom is 0.123 e. The molecule has 0 spiro atoms. The lowest BCUT2D eigenvalue weighted by atomic mass is 10.2. The second-order valence-corrected chi connectivity index (χ2v) is 5.64. The van der Waals surface area contributed by atoms with Gasteiger partial charge in [-0.05, 0) is 26.5 Å². The highest BCUT2D eigenvalue weighted by Crippen LogP contribution is 2.17. The molecule has 0 saturated carbocycles. The number of nitrogens with zero attached hydrogens (tertiary/aromatic N) is 2. The Morgan fingerprint density at radius 1 is 1.30 bits per heavy atom. The van der Waals surface area contributed by atoms with Crippen molar-refractivity contribution in [2.75, 3.05) is 39.8 Å². The number of ether oxygens (including phenoxy) is 1. The normalized spacial score (nSPS) is 21.1. The number of para-hydroxylation sites is 1. The molecule has 0 bridgehead atoms. The zero-order chi connectivity index (χ0) is 14.4. The van der Waals surface area contributed by atoms with Gasteiger partial charge in [0.2, 0.25) is 0 Å². The summed E-state index contributed by atoms with van der Waals surface area (Å²) in [5.41, 5.74) is 6.79. The molecule has 0 aromatic heterocycles. The third-order valence-corrected chi connectivity index (χ3v) is 4.11. The Labute approximate surface area is 122 Å². The van der Waals surface area contributed by atoms with Gasteiger partial charge in [-0.3, -0.25) is 0 Å². The van der Waals surface area contributed by atoms with Gasteiger partial charge in [0, 0.05) is 44.3 Å². The monoisotopic (exact) mass is 277 g/mol. The van der Waals surface area contributed by atoms with Gasteiger partial charge in [-0.1, -0.05) is 18.2 Å². The van der Waals surface area contributed by atoms with Gasteiger partial charge in [0.25, 0.3) is 0 Å². The summed E-state index contributed by atoms with van der Waals surface area (Å²) in [7, 11) is 2.20. The van der Waals surface area contributed by atoms with Crippen LogP contribution in [0.1, 0.15) is 18.9 Å². The number of rotatable bonds is 6. The van der Waals surface area contributed by atoms with E-state index in [9.17, 15) is 0 Å². The van der Waals surface area contributed by atoms with E-state index in [0.29, 0.717) is 12.6 Å². The fourth-order valence-electron chi connectivity index (χ4n) is 2.61. The SMILES string of the molecule is CC1CN(CCCOc2ccccc2CN)CCN1C. The average molecular weight is 277 g/mol. The smallest absolute Gasteiger partial charge is 0.123 e. The van der Waals surface area contributed by atoms with Crippen molar-refractivity contribution in [1.82, 2.24) is 9.80 Å². The van der Waals surface area contributed by atoms with Gasteiger partial charge >= 0.3 is 0 Å². The van der Waals surface area contributed by atoms with Crippen molar-refractivity contribution in [3.63, 3.8) is 0 Å². The van der Waals surface area contributed by atoms with Crippen molar-refractivity contribution in [3.8, 4) is 5.75 Å². The molecule has 2 N–H and O–H groups in total. The Bertz CT molecular complexity index is 410. The van der Waals surface area contributed by atoms with Crippen LogP contribution in [-0.2, 0) is 6.54 Å². The van der Waals surface area contributed by atoms with Crippen molar-refractivity contribution in [1.29, 1.82) is 0 Å². The molecule has 1 atom stereocenters. The molecule has 1 aromatic rings. The van der Waals surface area contributed by atoms with Gasteiger partial charge in [-0.25, -0.2) is 0 Å². The maximum absolute atomic E-state index is 5.85. The van der Waals surface area contributed by atoms with Crippen LogP contribution in [0.5, 0.6) is 5.75 Å². The average Bonchev–Trinajstić information content (AvgIpc) is 2.47. The molecule has 20 heavy (non-hydrogen) atoms. The summed E-state index contributed by atoms with van der Waals surface area (Å²) in [4.78, 5) is 4.95. The molecule has 4 heteroatoms. The lowest BCUT2D eigenvalue weighted by Gasteiger charge is -2.37. The maximum atomic E-state index is 5.85. The van der Waals surface area contributed by atoms with Crippen molar-refractivity contribution in [3.05, 3.63) is 29.8 Å². The number of hydrogen-bond acceptors (Lipinski definition) is 4. The molecular formula is C16H27N3O. The lowest BCUT2D eigenvalue weighted by Crippen LogP contribution is -2.50. The summed E-state index contributed by atoms with van der Waals surface area (Å²) in [6.07, 6.45) is 1.06. The van der Waals surface area contributed by atoms with Gasteiger partial charge in [-0.2, -0.15) is 0 Å². The van der Waals surface area contributed by atoms with E-state index in [-0.39, 0.29) is 0 Å². The molecule has 4 nitrogen and oxygen atoms in total. The van der Waals surface area contributed by atoms with Crippen LogP contribution in [0.3, 0.4) is 0 Å². The summed E-state index contributed by atoms with van der Waals surface area (Å²) in [5, 5.41) is 0. The van der Waals surface area contributed by atoms with E-state index in [4.69, 9.17) is 10.5 Å². The first-order valence-corrected chi connectivity index (χ1v) is 7.54. The Kier molecular flexibility index (Phi) is 5.83. The molecule has 1 aliphatic rings. The Balaban J connectivity index is 1.69. The lowest BCUT2D eigenvalue weighted by molar-refractivity contribution is 0.100. The van der Waals surface area contributed by atoms with E-state index in [0.717, 1.165) is 44.0 Å². The third-order valence-electron chi connectivity index (χ3n) is 4.11. The number of nitrogens with two attached hydrogens (primary N) is 1. The molecule has 1 fully saturated rings. The van der Waals surface area contributed by atoms with Gasteiger partial charge in [0.1, 0.15) is 5.75 Å². The molecule has 1 saturated heterocycles. The summed E-state index contributed by atoms with van der Waals surface area (Å²) in [5.74, 6) is 0.932. The highest BCUT2D eigenvalue weighted by atomic mass is 16.5. The molecule has 112 valence electrons. The van der Waals surface area contributed by atoms with Crippen LogP contribution in [0.25, 0.3) is 0 Å². The first-order chi connectivity index (χ1) is 9.70. The minimum Gasteiger partial charge on any atom is -0.493 e. The number of benzene rings is 1. The van der Waals surface area contributed by atoms with Crippen LogP contribution in [0.2, 0.25) is 0 Å². The minimum absolute atomic E-state index is 0.534. The summed E-state index contributed by atoms with van der Waals surface area (Å²) in [6.45, 7) is 8.20. The molecular weight excluding hydrogens is 250 g/mol. The van der Waals surface area contributed by atoms with E-state index in [1.54, 1.807) is 0 Å². The first kappa shape index (κ1) is 15.3. The van der Waals surface area contributed by atoms with Gasteiger partial charge in [0.15, 0.2) is 0 Å². The Morgan fingerprint density at radius 3 is 2.85 bits per heavy atom. The summed E-state index contributed by atoms with van der Waals surface area (Å²) in [6, 6.07) is 8.68. The van der Waals surface area contributed by atoms with E-state index in [1.807, 2.05) is 24.3 Å². The Hall–Kier alpha value is -1.10. The number of hydrogen-bond donors (Lipinski definition) is 1. The zero-order valence-electron chi connectivity index (χ0n) is 12.7. The number of piperazine rings is 1. The van der Waals surface area contributed by atoms with Crippen LogP contribution in [0.15, 0.2) is 24.3 Å². The fraction of sp³-hybridized carbons (Fsp3) is 0.625. The van der Waals surface area contributed by atoms with Crippen LogP contribution in [-0.4, -0.2) is 55.7 Å². The Morgan fingerprint density at radius 2 is 2.10 bits per heavy atom. The van der Waals surface area contributed by atoms with Crippen molar-refractivity contribution >= 4 is 0 Å². The standard InChI is InChI=1S/C16H27N3O/c1-14-13-19(10-9-18(14)2)8-5-11-20-16-7-4-3-6-15(16)12-17/h3-4,6-7,14H,5,8-13,17H2,1-2H3. The van der Waals surface area contributed by atoms with Crippen molar-refractivity contribution in [2.24, 2.45) is 5.73 Å². The number of likely N-dealkylation sites (N-methyl/N-ethyl adjacent to an activating group) is 1. The molecule has 1 heterocycles. The van der Waals surface area contributed by atoms with Crippen LogP contribution in [0, 0.1) is 0 Å². The molecule has 0 radical (unpaired) electrons. The van der Waals surface area contributed by atoms with Crippen molar-refractivity contribution < 1.29 is 4.74 Å². The predicted octanol–water partition coefficient (Wildman–Crippen LogP) is 1.55. The van der Waals surface area contributed by atoms with E-state index >= 15 is 0 Å². The van der Waals surface area contributed by atoms with Crippen LogP contribution in [0.4, 0.5) is 0 Å². The largest absolute Gasteiger partial charge is 0.493 e. The predicted molar refractivity (Wildman–Crippen MR) is 83.0 cm³/mol. The van der Waals surface area contributed by atoms with Crippen LogP contribution < -0.4 is 10.5 Å². The van der Waals surface area contributed by atoms with Gasteiger partial charge in [-0.15, -0.1) is 0 Å². The summed E-state index contributed by atoms with van der Waals surface area (Å²) < 4.78 is 5.85.